The molecule has 0 aliphatic carbocycles. The van der Waals surface area contributed by atoms with Crippen LogP contribution in [0.3, 0.4) is 0 Å². The molecule has 4 heteroatoms. The van der Waals surface area contributed by atoms with Gasteiger partial charge >= 0.3 is 0 Å². The normalized spacial score (nSPS) is 14.8. The van der Waals surface area contributed by atoms with Gasteiger partial charge in [-0.1, -0.05) is 161 Å². The van der Waals surface area contributed by atoms with E-state index in [9.17, 15) is 0 Å². The zero-order valence-electron chi connectivity index (χ0n) is 36.6. The number of hydrogen-bond donors (Lipinski definition) is 0. The number of nitrogens with zero attached hydrogens (tertiary/aromatic N) is 4. The molecule has 10 aromatic carbocycles. The minimum Gasteiger partial charge on any atom is -0.291 e. The molecular weight excluding hydrogens is 777 g/mol. The Morgan fingerprint density at radius 1 is 0.250 bits per heavy atom. The molecule has 0 bridgehead atoms. The molecule has 0 spiro atoms. The number of hydrogen-bond acceptors (Lipinski definition) is 4. The molecule has 0 saturated heterocycles. The van der Waals surface area contributed by atoms with E-state index in [1.54, 1.807) is 0 Å². The second-order valence-corrected chi connectivity index (χ2v) is 17.9. The van der Waals surface area contributed by atoms with Gasteiger partial charge in [-0.25, -0.2) is 0 Å². The third-order valence-corrected chi connectivity index (χ3v) is 13.3. The Morgan fingerprint density at radius 2 is 0.516 bits per heavy atom. The van der Waals surface area contributed by atoms with E-state index in [1.807, 2.05) is 0 Å². The van der Waals surface area contributed by atoms with Crippen LogP contribution in [0.25, 0.3) is 43.1 Å². The van der Waals surface area contributed by atoms with E-state index in [1.165, 1.54) is 54.2 Å². The van der Waals surface area contributed by atoms with E-state index in [0.717, 1.165) is 57.1 Å². The fraction of sp³-hybridized carbons (Fsp3) is 0.100. The molecule has 2 heterocycles. The Hall–Kier alpha value is -7.82. The van der Waals surface area contributed by atoms with Crippen LogP contribution in [0.4, 0.5) is 45.5 Å². The maximum absolute atomic E-state index is 2.54. The highest BCUT2D eigenvalue weighted by Gasteiger charge is 2.45. The Labute approximate surface area is 375 Å². The van der Waals surface area contributed by atoms with Crippen molar-refractivity contribution in [3.05, 3.63) is 229 Å². The van der Waals surface area contributed by atoms with Crippen LogP contribution in [0.15, 0.2) is 218 Å². The van der Waals surface area contributed by atoms with Gasteiger partial charge in [-0.2, -0.15) is 0 Å². The van der Waals surface area contributed by atoms with Gasteiger partial charge in [0.1, 0.15) is 0 Å². The second-order valence-electron chi connectivity index (χ2n) is 17.9. The van der Waals surface area contributed by atoms with Gasteiger partial charge in [0.15, 0.2) is 11.6 Å². The summed E-state index contributed by atoms with van der Waals surface area (Å²) in [7, 11) is 0. The number of benzene rings is 10. The summed E-state index contributed by atoms with van der Waals surface area (Å²) in [5.41, 5.74) is 11.5. The van der Waals surface area contributed by atoms with E-state index < -0.39 is 0 Å². The van der Waals surface area contributed by atoms with Crippen LogP contribution in [0, 0.1) is 0 Å². The molecule has 10 aromatic rings. The van der Waals surface area contributed by atoms with Crippen molar-refractivity contribution in [2.45, 2.75) is 39.5 Å². The minimum absolute atomic E-state index is 0.336. The van der Waals surface area contributed by atoms with Gasteiger partial charge in [0.2, 0.25) is 0 Å². The first-order chi connectivity index (χ1) is 31.4. The number of rotatable bonds is 6. The molecule has 0 atom stereocenters. The molecule has 0 amide bonds. The summed E-state index contributed by atoms with van der Waals surface area (Å²) in [5.74, 6) is 2.76. The van der Waals surface area contributed by atoms with Crippen molar-refractivity contribution >= 4 is 88.6 Å². The molecular formula is C60H48N4. The molecule has 0 radical (unpaired) electrons. The van der Waals surface area contributed by atoms with Gasteiger partial charge in [0.05, 0.1) is 22.7 Å². The van der Waals surface area contributed by atoms with Crippen LogP contribution < -0.4 is 19.6 Å². The average molecular weight is 825 g/mol. The van der Waals surface area contributed by atoms with Crippen LogP contribution in [0.2, 0.25) is 0 Å². The van der Waals surface area contributed by atoms with Gasteiger partial charge in [-0.15, -0.1) is 0 Å². The Kier molecular flexibility index (Phi) is 8.84. The largest absolute Gasteiger partial charge is 0.291 e. The first-order valence-corrected chi connectivity index (χ1v) is 22.6. The van der Waals surface area contributed by atoms with Crippen LogP contribution >= 0.6 is 0 Å². The number of anilines is 8. The van der Waals surface area contributed by atoms with E-state index in [-0.39, 0.29) is 0 Å². The number of fused-ring (bicyclic) bond motifs is 6. The third-order valence-electron chi connectivity index (χ3n) is 13.3. The maximum Gasteiger partial charge on any atom is 0.166 e. The Morgan fingerprint density at radius 3 is 0.797 bits per heavy atom. The lowest BCUT2D eigenvalue weighted by Gasteiger charge is -2.34. The Balaban J connectivity index is 1.25. The van der Waals surface area contributed by atoms with Gasteiger partial charge < -0.3 is 0 Å². The highest BCUT2D eigenvalue weighted by molar-refractivity contribution is 6.04. The maximum atomic E-state index is 2.54. The van der Waals surface area contributed by atoms with Crippen molar-refractivity contribution in [3.8, 4) is 0 Å². The second kappa shape index (κ2) is 14.9. The predicted molar refractivity (Wildman–Crippen MR) is 272 cm³/mol. The van der Waals surface area contributed by atoms with Crippen molar-refractivity contribution in [1.29, 1.82) is 0 Å². The van der Waals surface area contributed by atoms with E-state index in [2.05, 4.69) is 254 Å². The van der Waals surface area contributed by atoms with Crippen LogP contribution in [-0.2, 0) is 0 Å². The minimum atomic E-state index is 0.336. The topological polar surface area (TPSA) is 13.0 Å². The molecule has 2 aliphatic rings. The summed E-state index contributed by atoms with van der Waals surface area (Å²) in [6.45, 7) is 9.17. The Bertz CT molecular complexity index is 3280. The zero-order chi connectivity index (χ0) is 43.1. The highest BCUT2D eigenvalue weighted by Crippen LogP contribution is 2.58. The van der Waals surface area contributed by atoms with Gasteiger partial charge in [0, 0.05) is 22.7 Å². The van der Waals surface area contributed by atoms with Crippen LogP contribution in [0.5, 0.6) is 0 Å². The molecule has 308 valence electrons. The summed E-state index contributed by atoms with van der Waals surface area (Å²) >= 11 is 0. The predicted octanol–water partition coefficient (Wildman–Crippen LogP) is 17.0. The van der Waals surface area contributed by atoms with E-state index >= 15 is 0 Å². The SMILES string of the molecule is CC(C)c1ccc2c(c1)N(c1ccc3ccccc3c1)/C(=C1\N(c3ccc4ccccc4c3)c3ccc(C(C)C)cc3N1c1ccc3ccccc3c1)N2c1ccc2ccccc2c1. The molecule has 12 rings (SSSR count). The molecule has 64 heavy (non-hydrogen) atoms. The zero-order valence-corrected chi connectivity index (χ0v) is 36.6. The van der Waals surface area contributed by atoms with Gasteiger partial charge in [-0.3, -0.25) is 19.6 Å². The lowest BCUT2D eigenvalue weighted by Crippen LogP contribution is -2.33. The van der Waals surface area contributed by atoms with Crippen LogP contribution in [0.1, 0.15) is 50.7 Å². The van der Waals surface area contributed by atoms with Gasteiger partial charge in [0.25, 0.3) is 0 Å². The summed E-state index contributed by atoms with van der Waals surface area (Å²) in [5, 5.41) is 9.65. The summed E-state index contributed by atoms with van der Waals surface area (Å²) < 4.78 is 0. The fourth-order valence-electron chi connectivity index (χ4n) is 9.90. The molecule has 4 nitrogen and oxygen atoms in total. The molecule has 2 aliphatic heterocycles. The quantitative estimate of drug-likeness (QED) is 0.166. The van der Waals surface area contributed by atoms with E-state index in [0.29, 0.717) is 11.8 Å². The van der Waals surface area contributed by atoms with Crippen molar-refractivity contribution in [2.75, 3.05) is 19.6 Å². The highest BCUT2D eigenvalue weighted by atomic mass is 15.5. The lowest BCUT2D eigenvalue weighted by molar-refractivity contribution is 0.867. The standard InChI is InChI=1S/C60H48N4/c1-39(2)45-25-31-55-57(37-45)63(53-29-23-43-15-7-11-19-49(43)35-53)59(61(55)51-27-21-41-13-5-9-17-47(41)33-51)60-62(52-28-22-42-14-6-10-18-48(42)34-52)56-32-26-46(40(3)4)38-58(56)64(60)54-30-24-44-16-8-12-20-50(44)36-54/h5-40H,1-4H3/b60-59+. The smallest absolute Gasteiger partial charge is 0.166 e. The van der Waals surface area contributed by atoms with Crippen molar-refractivity contribution in [3.63, 3.8) is 0 Å². The van der Waals surface area contributed by atoms with Crippen molar-refractivity contribution in [1.82, 2.24) is 0 Å². The summed E-state index contributed by atoms with van der Waals surface area (Å²) in [6.07, 6.45) is 0. The molecule has 0 fully saturated rings. The first-order valence-electron chi connectivity index (χ1n) is 22.6. The summed E-state index contributed by atoms with van der Waals surface area (Å²) in [4.78, 5) is 10.1. The van der Waals surface area contributed by atoms with Gasteiger partial charge in [-0.05, 0) is 139 Å². The van der Waals surface area contributed by atoms with Crippen molar-refractivity contribution < 1.29 is 0 Å². The average Bonchev–Trinajstić information content (AvgIpc) is 3.85. The lowest BCUT2D eigenvalue weighted by atomic mass is 10.0. The van der Waals surface area contributed by atoms with Crippen LogP contribution in [-0.4, -0.2) is 0 Å². The third kappa shape index (κ3) is 6.12. The van der Waals surface area contributed by atoms with Crippen molar-refractivity contribution in [2.24, 2.45) is 0 Å². The molecule has 0 unspecified atom stereocenters. The first kappa shape index (κ1) is 37.9. The molecule has 0 aromatic heterocycles. The monoisotopic (exact) mass is 824 g/mol. The van der Waals surface area contributed by atoms with E-state index in [4.69, 9.17) is 0 Å². The summed E-state index contributed by atoms with van der Waals surface area (Å²) in [6, 6.07) is 76.8. The fourth-order valence-corrected chi connectivity index (χ4v) is 9.90. The molecule has 0 N–H and O–H groups in total. The molecule has 0 saturated carbocycles.